The summed E-state index contributed by atoms with van der Waals surface area (Å²) >= 11 is 1.53. The molecule has 0 aliphatic heterocycles. The first kappa shape index (κ1) is 15.7. The van der Waals surface area contributed by atoms with E-state index < -0.39 is 5.60 Å². The SMILES string of the molecule is CN(C(N)=NCC(C)(O)c1cccs1)C1CC1.I. The number of thiophene rings is 1. The highest BCUT2D eigenvalue weighted by Gasteiger charge is 2.28. The summed E-state index contributed by atoms with van der Waals surface area (Å²) in [6.07, 6.45) is 2.38. The summed E-state index contributed by atoms with van der Waals surface area (Å²) < 4.78 is 0. The molecular formula is C12H20IN3OS. The van der Waals surface area contributed by atoms with Gasteiger partial charge in [-0.15, -0.1) is 35.3 Å². The number of hydrogen-bond donors (Lipinski definition) is 2. The molecule has 1 atom stereocenters. The van der Waals surface area contributed by atoms with Crippen LogP contribution in [0.3, 0.4) is 0 Å². The standard InChI is InChI=1S/C12H19N3OS.HI/c1-12(16,10-4-3-7-17-10)8-14-11(13)15(2)9-5-6-9;/h3-4,7,9,16H,5-6,8H2,1-2H3,(H2,13,14);1H. The maximum atomic E-state index is 10.3. The third kappa shape index (κ3) is 3.83. The molecule has 1 heterocycles. The van der Waals surface area contributed by atoms with Crippen LogP contribution in [0.15, 0.2) is 22.5 Å². The van der Waals surface area contributed by atoms with E-state index in [1.807, 2.05) is 29.5 Å². The lowest BCUT2D eigenvalue weighted by molar-refractivity contribution is 0.0709. The fourth-order valence-electron chi connectivity index (χ4n) is 1.66. The van der Waals surface area contributed by atoms with Gasteiger partial charge in [-0.05, 0) is 31.2 Å². The molecule has 2 rings (SSSR count). The maximum Gasteiger partial charge on any atom is 0.191 e. The van der Waals surface area contributed by atoms with Crippen molar-refractivity contribution >= 4 is 41.3 Å². The number of rotatable bonds is 4. The van der Waals surface area contributed by atoms with E-state index in [1.54, 1.807) is 6.92 Å². The third-order valence-electron chi connectivity index (χ3n) is 3.06. The van der Waals surface area contributed by atoms with Gasteiger partial charge in [0.1, 0.15) is 5.60 Å². The van der Waals surface area contributed by atoms with Crippen molar-refractivity contribution < 1.29 is 5.11 Å². The van der Waals surface area contributed by atoms with E-state index in [1.165, 1.54) is 24.2 Å². The van der Waals surface area contributed by atoms with Gasteiger partial charge in [0.25, 0.3) is 0 Å². The molecule has 0 spiro atoms. The van der Waals surface area contributed by atoms with E-state index in [2.05, 4.69) is 4.99 Å². The Hall–Kier alpha value is -0.340. The maximum absolute atomic E-state index is 10.3. The van der Waals surface area contributed by atoms with Gasteiger partial charge in [-0.2, -0.15) is 0 Å². The molecule has 1 aliphatic carbocycles. The molecule has 18 heavy (non-hydrogen) atoms. The number of aliphatic hydroxyl groups is 1. The van der Waals surface area contributed by atoms with Crippen LogP contribution in [0.2, 0.25) is 0 Å². The van der Waals surface area contributed by atoms with E-state index in [9.17, 15) is 5.11 Å². The molecule has 0 bridgehead atoms. The van der Waals surface area contributed by atoms with Crippen LogP contribution in [0.4, 0.5) is 0 Å². The van der Waals surface area contributed by atoms with Crippen molar-refractivity contribution in [3.63, 3.8) is 0 Å². The van der Waals surface area contributed by atoms with Crippen molar-refractivity contribution in [1.29, 1.82) is 0 Å². The van der Waals surface area contributed by atoms with Crippen LogP contribution < -0.4 is 5.73 Å². The van der Waals surface area contributed by atoms with Gasteiger partial charge < -0.3 is 15.7 Å². The van der Waals surface area contributed by atoms with Crippen LogP contribution in [0, 0.1) is 0 Å². The lowest BCUT2D eigenvalue weighted by Gasteiger charge is -2.22. The average Bonchev–Trinajstić information content (AvgIpc) is 2.99. The van der Waals surface area contributed by atoms with E-state index in [0.29, 0.717) is 18.5 Å². The molecule has 4 nitrogen and oxygen atoms in total. The van der Waals surface area contributed by atoms with E-state index in [0.717, 1.165) is 4.88 Å². The Bertz CT molecular complexity index is 401. The quantitative estimate of drug-likeness (QED) is 0.476. The summed E-state index contributed by atoms with van der Waals surface area (Å²) in [6.45, 7) is 2.07. The van der Waals surface area contributed by atoms with E-state index >= 15 is 0 Å². The zero-order valence-corrected chi connectivity index (χ0v) is 13.8. The van der Waals surface area contributed by atoms with Crippen LogP contribution in [0.25, 0.3) is 0 Å². The summed E-state index contributed by atoms with van der Waals surface area (Å²) in [5, 5.41) is 12.2. The van der Waals surface area contributed by atoms with Crippen LogP contribution in [0.1, 0.15) is 24.6 Å². The summed E-state index contributed by atoms with van der Waals surface area (Å²) in [6, 6.07) is 4.39. The summed E-state index contributed by atoms with van der Waals surface area (Å²) in [4.78, 5) is 7.20. The van der Waals surface area contributed by atoms with Crippen molar-refractivity contribution in [2.75, 3.05) is 13.6 Å². The Kier molecular flexibility index (Phi) is 5.42. The number of nitrogens with two attached hydrogens (primary N) is 1. The minimum atomic E-state index is -0.927. The number of hydrogen-bond acceptors (Lipinski definition) is 3. The molecule has 0 aromatic carbocycles. The average molecular weight is 381 g/mol. The van der Waals surface area contributed by atoms with Gasteiger partial charge in [0.15, 0.2) is 5.96 Å². The molecule has 1 fully saturated rings. The Balaban J connectivity index is 0.00000162. The molecule has 0 saturated heterocycles. The first-order valence-electron chi connectivity index (χ1n) is 5.80. The number of halogens is 1. The Morgan fingerprint density at radius 3 is 2.83 bits per heavy atom. The van der Waals surface area contributed by atoms with Gasteiger partial charge in [-0.25, -0.2) is 4.99 Å². The second-order valence-electron chi connectivity index (χ2n) is 4.77. The minimum Gasteiger partial charge on any atom is -0.383 e. The Labute approximate surface area is 129 Å². The van der Waals surface area contributed by atoms with Gasteiger partial charge in [0.2, 0.25) is 0 Å². The van der Waals surface area contributed by atoms with Crippen LogP contribution in [-0.4, -0.2) is 35.6 Å². The molecule has 0 radical (unpaired) electrons. The highest BCUT2D eigenvalue weighted by Crippen LogP contribution is 2.27. The first-order chi connectivity index (χ1) is 8.00. The zero-order chi connectivity index (χ0) is 12.5. The van der Waals surface area contributed by atoms with E-state index in [4.69, 9.17) is 5.73 Å². The Morgan fingerprint density at radius 2 is 2.33 bits per heavy atom. The number of nitrogens with zero attached hydrogens (tertiary/aromatic N) is 2. The second-order valence-corrected chi connectivity index (χ2v) is 5.72. The molecule has 1 unspecified atom stereocenters. The fraction of sp³-hybridized carbons (Fsp3) is 0.583. The molecule has 1 aromatic heterocycles. The summed E-state index contributed by atoms with van der Waals surface area (Å²) in [7, 11) is 1.95. The topological polar surface area (TPSA) is 61.8 Å². The largest absolute Gasteiger partial charge is 0.383 e. The van der Waals surface area contributed by atoms with Gasteiger partial charge in [0, 0.05) is 18.0 Å². The van der Waals surface area contributed by atoms with Gasteiger partial charge in [-0.3, -0.25) is 0 Å². The van der Waals surface area contributed by atoms with Gasteiger partial charge in [0.05, 0.1) is 6.54 Å². The zero-order valence-electron chi connectivity index (χ0n) is 10.7. The molecule has 1 aromatic rings. The predicted octanol–water partition coefficient (Wildman–Crippen LogP) is 1.98. The normalized spacial score (nSPS) is 18.9. The van der Waals surface area contributed by atoms with Crippen LogP contribution in [-0.2, 0) is 5.60 Å². The first-order valence-corrected chi connectivity index (χ1v) is 6.68. The van der Waals surface area contributed by atoms with Crippen LogP contribution in [0.5, 0.6) is 0 Å². The summed E-state index contributed by atoms with van der Waals surface area (Å²) in [5.41, 5.74) is 4.96. The molecule has 1 aliphatic rings. The fourth-order valence-corrected chi connectivity index (χ4v) is 2.44. The highest BCUT2D eigenvalue weighted by atomic mass is 127. The predicted molar refractivity (Wildman–Crippen MR) is 86.6 cm³/mol. The second kappa shape index (κ2) is 6.21. The minimum absolute atomic E-state index is 0. The molecule has 102 valence electrons. The number of aliphatic imine (C=N–C) groups is 1. The van der Waals surface area contributed by atoms with Gasteiger partial charge in [-0.1, -0.05) is 6.07 Å². The van der Waals surface area contributed by atoms with Crippen molar-refractivity contribution in [3.8, 4) is 0 Å². The Morgan fingerprint density at radius 1 is 1.67 bits per heavy atom. The lowest BCUT2D eigenvalue weighted by Crippen LogP contribution is -2.37. The molecule has 6 heteroatoms. The van der Waals surface area contributed by atoms with Crippen molar-refractivity contribution in [2.45, 2.75) is 31.4 Å². The molecular weight excluding hydrogens is 361 g/mol. The van der Waals surface area contributed by atoms with Crippen molar-refractivity contribution in [3.05, 3.63) is 22.4 Å². The third-order valence-corrected chi connectivity index (χ3v) is 4.18. The smallest absolute Gasteiger partial charge is 0.191 e. The highest BCUT2D eigenvalue weighted by molar-refractivity contribution is 14.0. The van der Waals surface area contributed by atoms with Gasteiger partial charge >= 0.3 is 0 Å². The monoisotopic (exact) mass is 381 g/mol. The van der Waals surface area contributed by atoms with Crippen LogP contribution >= 0.6 is 35.3 Å². The van der Waals surface area contributed by atoms with Crippen molar-refractivity contribution in [2.24, 2.45) is 10.7 Å². The molecule has 3 N–H and O–H groups in total. The van der Waals surface area contributed by atoms with Crippen molar-refractivity contribution in [1.82, 2.24) is 4.90 Å². The van der Waals surface area contributed by atoms with E-state index in [-0.39, 0.29) is 24.0 Å². The summed E-state index contributed by atoms with van der Waals surface area (Å²) in [5.74, 6) is 0.518. The molecule has 0 amide bonds. The lowest BCUT2D eigenvalue weighted by atomic mass is 10.1. The molecule has 1 saturated carbocycles. The number of guanidine groups is 1.